The molecule has 0 saturated carbocycles. The van der Waals surface area contributed by atoms with Crippen molar-refractivity contribution in [1.29, 1.82) is 0 Å². The second-order valence-corrected chi connectivity index (χ2v) is 8.06. The van der Waals surface area contributed by atoms with Gasteiger partial charge < -0.3 is 4.40 Å². The van der Waals surface area contributed by atoms with Gasteiger partial charge in [0.25, 0.3) is 0 Å². The van der Waals surface area contributed by atoms with E-state index >= 15 is 0 Å². The zero-order chi connectivity index (χ0) is 21.0. The maximum Gasteiger partial charge on any atom is 0.419 e. The average Bonchev–Trinajstić information content (AvgIpc) is 3.14. The third-order valence-electron chi connectivity index (χ3n) is 5.11. The molecule has 0 amide bonds. The molecule has 148 valence electrons. The van der Waals surface area contributed by atoms with Crippen LogP contribution in [0, 0.1) is 0 Å². The zero-order valence-electron chi connectivity index (χ0n) is 16.2. The summed E-state index contributed by atoms with van der Waals surface area (Å²) in [5.41, 5.74) is 0.236. The molecule has 0 N–H and O–H groups in total. The topological polar surface area (TPSA) is 34.4 Å². The number of alkyl halides is 3. The molecule has 0 spiro atoms. The summed E-state index contributed by atoms with van der Waals surface area (Å²) in [5.74, 6) is -0.667. The van der Waals surface area contributed by atoms with Crippen LogP contribution in [0.4, 0.5) is 13.2 Å². The highest BCUT2D eigenvalue weighted by molar-refractivity contribution is 6.18. The minimum absolute atomic E-state index is 0.0501. The van der Waals surface area contributed by atoms with Gasteiger partial charge in [0.2, 0.25) is 0 Å². The predicted octanol–water partition coefficient (Wildman–Crippen LogP) is 6.03. The molecule has 0 atom stereocenters. The average molecular weight is 396 g/mol. The van der Waals surface area contributed by atoms with Gasteiger partial charge in [-0.25, -0.2) is 0 Å². The summed E-state index contributed by atoms with van der Waals surface area (Å²) >= 11 is 0. The number of fused-ring (bicyclic) bond motifs is 3. The Labute approximate surface area is 165 Å². The third kappa shape index (κ3) is 3.18. The van der Waals surface area contributed by atoms with E-state index in [2.05, 4.69) is 4.98 Å². The van der Waals surface area contributed by atoms with Crippen LogP contribution < -0.4 is 0 Å². The Morgan fingerprint density at radius 1 is 0.966 bits per heavy atom. The van der Waals surface area contributed by atoms with Crippen LogP contribution in [0.3, 0.4) is 0 Å². The Bertz CT molecular complexity index is 1230. The van der Waals surface area contributed by atoms with Crippen LogP contribution in [0.15, 0.2) is 61.1 Å². The van der Waals surface area contributed by atoms with Gasteiger partial charge in [-0.05, 0) is 29.2 Å². The maximum absolute atomic E-state index is 14.1. The standard InChI is InChI=1S/C23H19F3N2O/c1-22(2,3)15-8-6-14(7-9-15)21(29)19-16-13-27-11-10-17(16)28-12-4-5-18(28)20(19)23(24,25)26/h4-13H,1-3H3. The van der Waals surface area contributed by atoms with Crippen molar-refractivity contribution in [2.45, 2.75) is 32.4 Å². The summed E-state index contributed by atoms with van der Waals surface area (Å²) in [6.45, 7) is 6.10. The first kappa shape index (κ1) is 19.2. The highest BCUT2D eigenvalue weighted by Gasteiger charge is 2.39. The Balaban J connectivity index is 2.02. The smallest absolute Gasteiger partial charge is 0.316 e. The van der Waals surface area contributed by atoms with Gasteiger partial charge in [-0.2, -0.15) is 13.2 Å². The van der Waals surface area contributed by atoms with Gasteiger partial charge >= 0.3 is 6.18 Å². The lowest BCUT2D eigenvalue weighted by molar-refractivity contribution is -0.136. The quantitative estimate of drug-likeness (QED) is 0.388. The van der Waals surface area contributed by atoms with E-state index in [1.54, 1.807) is 36.5 Å². The van der Waals surface area contributed by atoms with Gasteiger partial charge in [-0.3, -0.25) is 9.78 Å². The Kier molecular flexibility index (Phi) is 4.26. The molecule has 3 aromatic heterocycles. The van der Waals surface area contributed by atoms with Crippen molar-refractivity contribution in [3.05, 3.63) is 83.3 Å². The fraction of sp³-hybridized carbons (Fsp3) is 0.217. The number of rotatable bonds is 2. The Hall–Kier alpha value is -3.15. The van der Waals surface area contributed by atoms with E-state index in [4.69, 9.17) is 0 Å². The summed E-state index contributed by atoms with van der Waals surface area (Å²) in [6, 6.07) is 11.3. The van der Waals surface area contributed by atoms with Gasteiger partial charge in [0.05, 0.1) is 16.6 Å². The number of carbonyl (C=O) groups is 1. The van der Waals surface area contributed by atoms with Crippen LogP contribution in [-0.4, -0.2) is 15.2 Å². The second-order valence-electron chi connectivity index (χ2n) is 8.06. The Morgan fingerprint density at radius 2 is 1.66 bits per heavy atom. The summed E-state index contributed by atoms with van der Waals surface area (Å²) in [5, 5.41) is 0.174. The molecule has 0 bridgehead atoms. The largest absolute Gasteiger partial charge is 0.419 e. The van der Waals surface area contributed by atoms with Gasteiger partial charge in [0.1, 0.15) is 0 Å². The number of aromatic nitrogens is 2. The number of hydrogen-bond acceptors (Lipinski definition) is 2. The molecule has 0 radical (unpaired) electrons. The first-order valence-electron chi connectivity index (χ1n) is 9.18. The van der Waals surface area contributed by atoms with Gasteiger partial charge in [-0.1, -0.05) is 45.0 Å². The van der Waals surface area contributed by atoms with Crippen LogP contribution in [0.5, 0.6) is 0 Å². The molecule has 0 unspecified atom stereocenters. The van der Waals surface area contributed by atoms with E-state index in [0.717, 1.165) is 5.56 Å². The molecular weight excluding hydrogens is 377 g/mol. The van der Waals surface area contributed by atoms with Crippen molar-refractivity contribution in [2.75, 3.05) is 0 Å². The highest BCUT2D eigenvalue weighted by atomic mass is 19.4. The van der Waals surface area contributed by atoms with E-state index in [0.29, 0.717) is 5.52 Å². The Morgan fingerprint density at radius 3 is 2.28 bits per heavy atom. The van der Waals surface area contributed by atoms with Gasteiger partial charge in [-0.15, -0.1) is 0 Å². The van der Waals surface area contributed by atoms with E-state index < -0.39 is 17.5 Å². The molecule has 0 aliphatic carbocycles. The molecule has 0 fully saturated rings. The maximum atomic E-state index is 14.1. The predicted molar refractivity (Wildman–Crippen MR) is 106 cm³/mol. The SMILES string of the molecule is CC(C)(C)c1ccc(C(=O)c2c(C(F)(F)F)c3cccn3c3ccncc23)cc1. The van der Waals surface area contributed by atoms with Gasteiger partial charge in [0, 0.05) is 35.1 Å². The lowest BCUT2D eigenvalue weighted by Gasteiger charge is -2.20. The summed E-state index contributed by atoms with van der Waals surface area (Å²) in [6.07, 6.45) is -0.318. The number of ketones is 1. The zero-order valence-corrected chi connectivity index (χ0v) is 16.2. The molecular formula is C23H19F3N2O. The first-order chi connectivity index (χ1) is 13.6. The van der Waals surface area contributed by atoms with Crippen LogP contribution >= 0.6 is 0 Å². The van der Waals surface area contributed by atoms with E-state index in [1.807, 2.05) is 20.8 Å². The van der Waals surface area contributed by atoms with Crippen molar-refractivity contribution >= 4 is 22.2 Å². The third-order valence-corrected chi connectivity index (χ3v) is 5.11. The number of carbonyl (C=O) groups excluding carboxylic acids is 1. The molecule has 4 aromatic rings. The molecule has 0 saturated heterocycles. The van der Waals surface area contributed by atoms with E-state index in [9.17, 15) is 18.0 Å². The van der Waals surface area contributed by atoms with Crippen molar-refractivity contribution < 1.29 is 18.0 Å². The van der Waals surface area contributed by atoms with Crippen molar-refractivity contribution in [3.63, 3.8) is 0 Å². The summed E-state index contributed by atoms with van der Waals surface area (Å²) in [4.78, 5) is 17.3. The molecule has 0 aliphatic heterocycles. The molecule has 6 heteroatoms. The van der Waals surface area contributed by atoms with Crippen molar-refractivity contribution in [2.24, 2.45) is 0 Å². The molecule has 3 nitrogen and oxygen atoms in total. The fourth-order valence-corrected chi connectivity index (χ4v) is 3.64. The van der Waals surface area contributed by atoms with Crippen LogP contribution in [-0.2, 0) is 11.6 Å². The van der Waals surface area contributed by atoms with E-state index in [-0.39, 0.29) is 27.4 Å². The number of halogens is 3. The van der Waals surface area contributed by atoms with Crippen LogP contribution in [0.2, 0.25) is 0 Å². The number of nitrogens with zero attached hydrogens (tertiary/aromatic N) is 2. The summed E-state index contributed by atoms with van der Waals surface area (Å²) in [7, 11) is 0. The molecule has 1 aromatic carbocycles. The molecule has 0 aliphatic rings. The minimum Gasteiger partial charge on any atom is -0.316 e. The van der Waals surface area contributed by atoms with Crippen LogP contribution in [0.1, 0.15) is 47.8 Å². The number of benzene rings is 1. The molecule has 4 rings (SSSR count). The van der Waals surface area contributed by atoms with Crippen molar-refractivity contribution in [3.8, 4) is 0 Å². The number of pyridine rings is 2. The van der Waals surface area contributed by atoms with E-state index in [1.165, 1.54) is 28.9 Å². The normalized spacial score (nSPS) is 12.6. The molecule has 3 heterocycles. The number of hydrogen-bond donors (Lipinski definition) is 0. The molecule has 29 heavy (non-hydrogen) atoms. The monoisotopic (exact) mass is 396 g/mol. The fourth-order valence-electron chi connectivity index (χ4n) is 3.64. The lowest BCUT2D eigenvalue weighted by Crippen LogP contribution is -2.17. The minimum atomic E-state index is -4.69. The summed E-state index contributed by atoms with van der Waals surface area (Å²) < 4.78 is 43.7. The van der Waals surface area contributed by atoms with Gasteiger partial charge in [0.15, 0.2) is 5.78 Å². The first-order valence-corrected chi connectivity index (χ1v) is 9.18. The van der Waals surface area contributed by atoms with Crippen LogP contribution in [0.25, 0.3) is 16.4 Å². The second kappa shape index (κ2) is 6.44. The highest BCUT2D eigenvalue weighted by Crippen LogP contribution is 2.40. The lowest BCUT2D eigenvalue weighted by atomic mass is 9.86. The van der Waals surface area contributed by atoms with Crippen molar-refractivity contribution in [1.82, 2.24) is 9.38 Å².